The molecular weight excluding hydrogens is 186 g/mol. The number of aromatic nitrogens is 1. The van der Waals surface area contributed by atoms with Gasteiger partial charge in [-0.05, 0) is 12.8 Å². The average molecular weight is 200 g/mol. The molecule has 0 bridgehead atoms. The molecule has 1 unspecified atom stereocenters. The standard InChI is InChI=1S/C10H14F2N2/c1-6(2)7(3)14-10-9(12)4-8(11)5-13-10/h4-7H,1-3H3,(H,13,14). The Morgan fingerprint density at radius 1 is 1.29 bits per heavy atom. The fraction of sp³-hybridized carbons (Fsp3) is 0.500. The van der Waals surface area contributed by atoms with Crippen molar-refractivity contribution in [2.24, 2.45) is 5.92 Å². The molecule has 0 saturated heterocycles. The van der Waals surface area contributed by atoms with Crippen LogP contribution in [0.4, 0.5) is 14.6 Å². The fourth-order valence-electron chi connectivity index (χ4n) is 0.903. The SMILES string of the molecule is CC(C)C(C)Nc1ncc(F)cc1F. The predicted molar refractivity (Wildman–Crippen MR) is 52.1 cm³/mol. The molecule has 0 radical (unpaired) electrons. The first-order chi connectivity index (χ1) is 6.50. The van der Waals surface area contributed by atoms with Crippen molar-refractivity contribution in [1.82, 2.24) is 4.98 Å². The van der Waals surface area contributed by atoms with E-state index >= 15 is 0 Å². The van der Waals surface area contributed by atoms with Crippen LogP contribution in [0, 0.1) is 17.6 Å². The van der Waals surface area contributed by atoms with Crippen LogP contribution in [0.15, 0.2) is 12.3 Å². The Morgan fingerprint density at radius 3 is 2.43 bits per heavy atom. The number of hydrogen-bond donors (Lipinski definition) is 1. The highest BCUT2D eigenvalue weighted by Gasteiger charge is 2.11. The minimum atomic E-state index is -0.662. The zero-order valence-corrected chi connectivity index (χ0v) is 8.51. The molecule has 2 nitrogen and oxygen atoms in total. The van der Waals surface area contributed by atoms with Crippen molar-refractivity contribution in [2.45, 2.75) is 26.8 Å². The molecule has 4 heteroatoms. The van der Waals surface area contributed by atoms with Crippen molar-refractivity contribution >= 4 is 5.82 Å². The Balaban J connectivity index is 2.77. The van der Waals surface area contributed by atoms with E-state index < -0.39 is 11.6 Å². The number of nitrogens with zero attached hydrogens (tertiary/aromatic N) is 1. The molecule has 0 fully saturated rings. The van der Waals surface area contributed by atoms with Crippen molar-refractivity contribution in [3.63, 3.8) is 0 Å². The van der Waals surface area contributed by atoms with E-state index in [1.165, 1.54) is 0 Å². The van der Waals surface area contributed by atoms with E-state index in [2.05, 4.69) is 10.3 Å². The summed E-state index contributed by atoms with van der Waals surface area (Å²) in [6.45, 7) is 5.95. The highest BCUT2D eigenvalue weighted by atomic mass is 19.1. The maximum absolute atomic E-state index is 13.1. The second-order valence-electron chi connectivity index (χ2n) is 3.66. The molecule has 14 heavy (non-hydrogen) atoms. The van der Waals surface area contributed by atoms with Gasteiger partial charge in [0.05, 0.1) is 6.20 Å². The van der Waals surface area contributed by atoms with Crippen LogP contribution >= 0.6 is 0 Å². The summed E-state index contributed by atoms with van der Waals surface area (Å²) < 4.78 is 25.6. The van der Waals surface area contributed by atoms with E-state index in [-0.39, 0.29) is 11.9 Å². The average Bonchev–Trinajstić information content (AvgIpc) is 2.09. The van der Waals surface area contributed by atoms with Gasteiger partial charge in [-0.25, -0.2) is 13.8 Å². The summed E-state index contributed by atoms with van der Waals surface area (Å²) in [6, 6.07) is 0.921. The maximum atomic E-state index is 13.1. The Bertz CT molecular complexity index is 313. The van der Waals surface area contributed by atoms with E-state index in [0.29, 0.717) is 5.92 Å². The first kappa shape index (κ1) is 10.9. The monoisotopic (exact) mass is 200 g/mol. The summed E-state index contributed by atoms with van der Waals surface area (Å²) in [7, 11) is 0. The smallest absolute Gasteiger partial charge is 0.168 e. The highest BCUT2D eigenvalue weighted by Crippen LogP contribution is 2.14. The third-order valence-electron chi connectivity index (χ3n) is 2.17. The topological polar surface area (TPSA) is 24.9 Å². The first-order valence-electron chi connectivity index (χ1n) is 4.58. The lowest BCUT2D eigenvalue weighted by Crippen LogP contribution is -2.22. The van der Waals surface area contributed by atoms with Crippen molar-refractivity contribution in [2.75, 3.05) is 5.32 Å². The van der Waals surface area contributed by atoms with Gasteiger partial charge in [0.1, 0.15) is 5.82 Å². The summed E-state index contributed by atoms with van der Waals surface area (Å²) in [4.78, 5) is 3.64. The van der Waals surface area contributed by atoms with Gasteiger partial charge in [0.15, 0.2) is 11.6 Å². The van der Waals surface area contributed by atoms with Crippen LogP contribution in [0.1, 0.15) is 20.8 Å². The van der Waals surface area contributed by atoms with Crippen LogP contribution in [0.2, 0.25) is 0 Å². The second kappa shape index (κ2) is 4.35. The molecule has 0 amide bonds. The van der Waals surface area contributed by atoms with Crippen LogP contribution in [-0.2, 0) is 0 Å². The largest absolute Gasteiger partial charge is 0.365 e. The lowest BCUT2D eigenvalue weighted by Gasteiger charge is -2.18. The Kier molecular flexibility index (Phi) is 3.38. The molecule has 0 spiro atoms. The predicted octanol–water partition coefficient (Wildman–Crippen LogP) is 2.82. The van der Waals surface area contributed by atoms with Gasteiger partial charge < -0.3 is 5.32 Å². The van der Waals surface area contributed by atoms with Crippen molar-refractivity contribution in [1.29, 1.82) is 0 Å². The van der Waals surface area contributed by atoms with Gasteiger partial charge in [-0.1, -0.05) is 13.8 Å². The molecule has 0 saturated carbocycles. The number of halogens is 2. The molecular formula is C10H14F2N2. The van der Waals surface area contributed by atoms with Gasteiger partial charge in [-0.15, -0.1) is 0 Å². The van der Waals surface area contributed by atoms with Crippen LogP contribution in [0.3, 0.4) is 0 Å². The quantitative estimate of drug-likeness (QED) is 0.811. The molecule has 1 heterocycles. The van der Waals surface area contributed by atoms with Crippen molar-refractivity contribution in [3.8, 4) is 0 Å². The third kappa shape index (κ3) is 2.65. The van der Waals surface area contributed by atoms with E-state index in [9.17, 15) is 8.78 Å². The van der Waals surface area contributed by atoms with Gasteiger partial charge in [0.2, 0.25) is 0 Å². The van der Waals surface area contributed by atoms with Crippen LogP contribution in [-0.4, -0.2) is 11.0 Å². The summed E-state index contributed by atoms with van der Waals surface area (Å²) in [5, 5.41) is 2.88. The Morgan fingerprint density at radius 2 is 1.93 bits per heavy atom. The van der Waals surface area contributed by atoms with Crippen LogP contribution in [0.5, 0.6) is 0 Å². The molecule has 0 aliphatic rings. The van der Waals surface area contributed by atoms with Crippen molar-refractivity contribution < 1.29 is 8.78 Å². The van der Waals surface area contributed by atoms with E-state index in [4.69, 9.17) is 0 Å². The molecule has 1 aromatic heterocycles. The highest BCUT2D eigenvalue weighted by molar-refractivity contribution is 5.36. The Hall–Kier alpha value is -1.19. The van der Waals surface area contributed by atoms with Gasteiger partial charge >= 0.3 is 0 Å². The normalized spacial score (nSPS) is 13.0. The maximum Gasteiger partial charge on any atom is 0.168 e. The van der Waals surface area contributed by atoms with E-state index in [0.717, 1.165) is 12.3 Å². The minimum Gasteiger partial charge on any atom is -0.365 e. The summed E-state index contributed by atoms with van der Waals surface area (Å²) in [5.41, 5.74) is 0. The summed E-state index contributed by atoms with van der Waals surface area (Å²) >= 11 is 0. The molecule has 0 aromatic carbocycles. The van der Waals surface area contributed by atoms with Crippen molar-refractivity contribution in [3.05, 3.63) is 23.9 Å². The fourth-order valence-corrected chi connectivity index (χ4v) is 0.903. The lowest BCUT2D eigenvalue weighted by atomic mass is 10.1. The molecule has 1 rings (SSSR count). The third-order valence-corrected chi connectivity index (χ3v) is 2.17. The summed E-state index contributed by atoms with van der Waals surface area (Å²) in [6.07, 6.45) is 0.998. The van der Waals surface area contributed by atoms with Crippen LogP contribution in [0.25, 0.3) is 0 Å². The second-order valence-corrected chi connectivity index (χ2v) is 3.66. The number of nitrogens with one attached hydrogen (secondary N) is 1. The molecule has 1 aromatic rings. The molecule has 1 atom stereocenters. The number of rotatable bonds is 3. The Labute approximate surface area is 82.4 Å². The van der Waals surface area contributed by atoms with Gasteiger partial charge in [-0.3, -0.25) is 0 Å². The lowest BCUT2D eigenvalue weighted by molar-refractivity contribution is 0.541. The van der Waals surface area contributed by atoms with Crippen LogP contribution < -0.4 is 5.32 Å². The number of pyridine rings is 1. The zero-order valence-electron chi connectivity index (χ0n) is 8.51. The van der Waals surface area contributed by atoms with Gasteiger partial charge in [-0.2, -0.15) is 0 Å². The number of anilines is 1. The summed E-state index contributed by atoms with van der Waals surface area (Å²) in [5.74, 6) is -0.850. The van der Waals surface area contributed by atoms with E-state index in [1.807, 2.05) is 20.8 Å². The molecule has 0 aliphatic carbocycles. The van der Waals surface area contributed by atoms with Gasteiger partial charge in [0.25, 0.3) is 0 Å². The minimum absolute atomic E-state index is 0.0995. The van der Waals surface area contributed by atoms with E-state index in [1.54, 1.807) is 0 Å². The first-order valence-corrected chi connectivity index (χ1v) is 4.58. The number of hydrogen-bond acceptors (Lipinski definition) is 2. The molecule has 1 N–H and O–H groups in total. The zero-order chi connectivity index (χ0) is 10.7. The molecule has 78 valence electrons. The van der Waals surface area contributed by atoms with Gasteiger partial charge in [0, 0.05) is 12.1 Å². The molecule has 0 aliphatic heterocycles.